The van der Waals surface area contributed by atoms with Crippen molar-refractivity contribution in [1.82, 2.24) is 9.78 Å². The first-order chi connectivity index (χ1) is 12.5. The van der Waals surface area contributed by atoms with Crippen molar-refractivity contribution in [2.75, 3.05) is 23.7 Å². The topological polar surface area (TPSA) is 85.0 Å². The van der Waals surface area contributed by atoms with E-state index in [4.69, 9.17) is 5.73 Å². The summed E-state index contributed by atoms with van der Waals surface area (Å²) in [5.74, 6) is 0.441. The van der Waals surface area contributed by atoms with E-state index in [1.807, 2.05) is 45.2 Å². The number of carbonyl (C=O) groups excluding carboxylic acids is 1. The van der Waals surface area contributed by atoms with Crippen LogP contribution in [0.3, 0.4) is 0 Å². The van der Waals surface area contributed by atoms with E-state index < -0.39 is 0 Å². The van der Waals surface area contributed by atoms with E-state index in [2.05, 4.69) is 15.7 Å². The van der Waals surface area contributed by atoms with Crippen LogP contribution in [0.2, 0.25) is 0 Å². The fraction of sp³-hybridized carbons (Fsp3) is 0.500. The Hall–Kier alpha value is -2.34. The monoisotopic (exact) mass is 357 g/mol. The van der Waals surface area contributed by atoms with E-state index in [0.717, 1.165) is 42.9 Å². The van der Waals surface area contributed by atoms with Gasteiger partial charge in [-0.15, -0.1) is 0 Å². The Morgan fingerprint density at radius 3 is 2.58 bits per heavy atom. The third-order valence-corrected chi connectivity index (χ3v) is 4.63. The molecule has 1 amide bonds. The molecule has 2 rings (SSSR count). The smallest absolute Gasteiger partial charge is 0.257 e. The Kier molecular flexibility index (Phi) is 7.66. The number of aryl methyl sites for hydroxylation is 2. The number of hydrogen-bond donors (Lipinski definition) is 3. The third-order valence-electron chi connectivity index (χ3n) is 4.63. The number of nitrogens with zero attached hydrogens (tertiary/aromatic N) is 2. The highest BCUT2D eigenvalue weighted by Crippen LogP contribution is 2.20. The molecule has 26 heavy (non-hydrogen) atoms. The summed E-state index contributed by atoms with van der Waals surface area (Å²) in [6.07, 6.45) is 5.86. The van der Waals surface area contributed by atoms with Crippen molar-refractivity contribution < 1.29 is 4.79 Å². The van der Waals surface area contributed by atoms with Gasteiger partial charge in [0.2, 0.25) is 0 Å². The molecule has 0 fully saturated rings. The van der Waals surface area contributed by atoms with Gasteiger partial charge in [-0.2, -0.15) is 5.10 Å². The van der Waals surface area contributed by atoms with Crippen LogP contribution in [-0.4, -0.2) is 28.8 Å². The SMILES string of the molecule is Cc1c(NCCCCCCCN)cccc1C(=O)Nc1cc(C)n(C)n1. The minimum atomic E-state index is -0.133. The Morgan fingerprint density at radius 1 is 1.15 bits per heavy atom. The van der Waals surface area contributed by atoms with E-state index in [0.29, 0.717) is 11.4 Å². The number of unbranched alkanes of at least 4 members (excludes halogenated alkanes) is 4. The van der Waals surface area contributed by atoms with E-state index in [-0.39, 0.29) is 5.91 Å². The van der Waals surface area contributed by atoms with Crippen molar-refractivity contribution in [2.24, 2.45) is 12.8 Å². The number of amides is 1. The zero-order chi connectivity index (χ0) is 18.9. The van der Waals surface area contributed by atoms with Crippen LogP contribution in [0.5, 0.6) is 0 Å². The summed E-state index contributed by atoms with van der Waals surface area (Å²) in [7, 11) is 1.86. The molecule has 2 aromatic rings. The number of benzene rings is 1. The maximum atomic E-state index is 12.6. The number of carbonyl (C=O) groups is 1. The van der Waals surface area contributed by atoms with Gasteiger partial charge in [0.25, 0.3) is 5.91 Å². The lowest BCUT2D eigenvalue weighted by atomic mass is 10.1. The number of rotatable bonds is 10. The van der Waals surface area contributed by atoms with Crippen LogP contribution in [0.4, 0.5) is 11.5 Å². The number of anilines is 2. The van der Waals surface area contributed by atoms with Crippen molar-refractivity contribution in [3.63, 3.8) is 0 Å². The van der Waals surface area contributed by atoms with Crippen LogP contribution in [-0.2, 0) is 7.05 Å². The lowest BCUT2D eigenvalue weighted by molar-refractivity contribution is 0.102. The van der Waals surface area contributed by atoms with E-state index in [9.17, 15) is 4.79 Å². The van der Waals surface area contributed by atoms with Gasteiger partial charge < -0.3 is 16.4 Å². The van der Waals surface area contributed by atoms with Crippen LogP contribution < -0.4 is 16.4 Å². The van der Waals surface area contributed by atoms with Gasteiger partial charge in [-0.1, -0.05) is 25.3 Å². The van der Waals surface area contributed by atoms with Gasteiger partial charge in [-0.05, 0) is 50.9 Å². The largest absolute Gasteiger partial charge is 0.385 e. The first kappa shape index (κ1) is 20.0. The summed E-state index contributed by atoms with van der Waals surface area (Å²) in [5, 5.41) is 10.6. The lowest BCUT2D eigenvalue weighted by Gasteiger charge is -2.13. The minimum Gasteiger partial charge on any atom is -0.385 e. The minimum absolute atomic E-state index is 0.133. The zero-order valence-corrected chi connectivity index (χ0v) is 16.1. The fourth-order valence-corrected chi connectivity index (χ4v) is 2.90. The first-order valence-corrected chi connectivity index (χ1v) is 9.38. The average molecular weight is 358 g/mol. The molecule has 6 heteroatoms. The van der Waals surface area contributed by atoms with Crippen LogP contribution in [0, 0.1) is 13.8 Å². The lowest BCUT2D eigenvalue weighted by Crippen LogP contribution is -2.15. The van der Waals surface area contributed by atoms with Gasteiger partial charge in [-0.25, -0.2) is 0 Å². The van der Waals surface area contributed by atoms with Crippen LogP contribution in [0.25, 0.3) is 0 Å². The molecule has 0 unspecified atom stereocenters. The third kappa shape index (κ3) is 5.59. The maximum Gasteiger partial charge on any atom is 0.257 e. The van der Waals surface area contributed by atoms with Gasteiger partial charge in [-0.3, -0.25) is 9.48 Å². The Morgan fingerprint density at radius 2 is 1.88 bits per heavy atom. The second kappa shape index (κ2) is 9.97. The first-order valence-electron chi connectivity index (χ1n) is 9.38. The standard InChI is InChI=1S/C20H31N5O/c1-15-14-19(24-25(15)3)23-20(26)17-10-9-11-18(16(17)2)22-13-8-6-4-5-7-12-21/h9-11,14,22H,4-8,12-13,21H2,1-3H3,(H,23,24,26). The molecule has 0 bridgehead atoms. The van der Waals surface area contributed by atoms with Crippen LogP contribution in [0.15, 0.2) is 24.3 Å². The molecule has 0 saturated carbocycles. The summed E-state index contributed by atoms with van der Waals surface area (Å²) in [5.41, 5.74) is 9.14. The number of nitrogens with two attached hydrogens (primary N) is 1. The quantitative estimate of drug-likeness (QED) is 0.567. The van der Waals surface area contributed by atoms with Crippen LogP contribution in [0.1, 0.15) is 53.7 Å². The molecule has 1 aromatic carbocycles. The van der Waals surface area contributed by atoms with Crippen molar-refractivity contribution in [3.05, 3.63) is 41.1 Å². The predicted octanol–water partition coefficient (Wildman–Crippen LogP) is 3.61. The second-order valence-corrected chi connectivity index (χ2v) is 6.71. The molecule has 142 valence electrons. The maximum absolute atomic E-state index is 12.6. The average Bonchev–Trinajstić information content (AvgIpc) is 2.92. The van der Waals surface area contributed by atoms with Gasteiger partial charge in [0.05, 0.1) is 0 Å². The van der Waals surface area contributed by atoms with E-state index in [1.54, 1.807) is 4.68 Å². The molecule has 0 saturated heterocycles. The Labute approximate surface area is 156 Å². The molecule has 0 aliphatic carbocycles. The molecule has 6 nitrogen and oxygen atoms in total. The van der Waals surface area contributed by atoms with Crippen molar-refractivity contribution >= 4 is 17.4 Å². The summed E-state index contributed by atoms with van der Waals surface area (Å²) in [4.78, 5) is 12.6. The van der Waals surface area contributed by atoms with E-state index in [1.165, 1.54) is 19.3 Å². The van der Waals surface area contributed by atoms with Crippen molar-refractivity contribution in [1.29, 1.82) is 0 Å². The van der Waals surface area contributed by atoms with Gasteiger partial charge in [0, 0.05) is 36.6 Å². The fourth-order valence-electron chi connectivity index (χ4n) is 2.90. The molecule has 0 radical (unpaired) electrons. The van der Waals surface area contributed by atoms with Crippen molar-refractivity contribution in [3.8, 4) is 0 Å². The van der Waals surface area contributed by atoms with Crippen molar-refractivity contribution in [2.45, 2.75) is 46.0 Å². The molecule has 1 heterocycles. The highest BCUT2D eigenvalue weighted by Gasteiger charge is 2.13. The van der Waals surface area contributed by atoms with Gasteiger partial charge in [0.15, 0.2) is 5.82 Å². The Bertz CT molecular complexity index is 703. The second-order valence-electron chi connectivity index (χ2n) is 6.71. The Balaban J connectivity index is 1.90. The molecular weight excluding hydrogens is 326 g/mol. The van der Waals surface area contributed by atoms with Gasteiger partial charge in [0.1, 0.15) is 0 Å². The summed E-state index contributed by atoms with van der Waals surface area (Å²) in [6, 6.07) is 7.64. The summed E-state index contributed by atoms with van der Waals surface area (Å²) >= 11 is 0. The molecular formula is C20H31N5O. The summed E-state index contributed by atoms with van der Waals surface area (Å²) < 4.78 is 1.74. The molecule has 0 aliphatic heterocycles. The summed E-state index contributed by atoms with van der Waals surface area (Å²) in [6.45, 7) is 5.62. The van der Waals surface area contributed by atoms with E-state index >= 15 is 0 Å². The molecule has 0 atom stereocenters. The zero-order valence-electron chi connectivity index (χ0n) is 16.1. The molecule has 0 spiro atoms. The number of hydrogen-bond acceptors (Lipinski definition) is 4. The number of aromatic nitrogens is 2. The predicted molar refractivity (Wildman–Crippen MR) is 108 cm³/mol. The normalized spacial score (nSPS) is 10.8. The van der Waals surface area contributed by atoms with Crippen LogP contribution >= 0.6 is 0 Å². The highest BCUT2D eigenvalue weighted by molar-refractivity contribution is 6.05. The molecule has 0 aliphatic rings. The number of nitrogens with one attached hydrogen (secondary N) is 2. The van der Waals surface area contributed by atoms with Gasteiger partial charge >= 0.3 is 0 Å². The molecule has 4 N–H and O–H groups in total. The highest BCUT2D eigenvalue weighted by atomic mass is 16.1. The molecule has 1 aromatic heterocycles.